The number of halogens is 2. The van der Waals surface area contributed by atoms with Crippen LogP contribution in [0, 0.1) is 12.7 Å². The molecule has 0 radical (unpaired) electrons. The zero-order valence-electron chi connectivity index (χ0n) is 11.4. The molecule has 1 aromatic heterocycles. The molecular formula is C16H12ClFO2S. The zero-order chi connectivity index (χ0) is 15.1. The number of furan rings is 1. The van der Waals surface area contributed by atoms with Gasteiger partial charge in [0.25, 0.3) is 0 Å². The summed E-state index contributed by atoms with van der Waals surface area (Å²) in [4.78, 5) is 0.473. The van der Waals surface area contributed by atoms with E-state index < -0.39 is 16.6 Å². The van der Waals surface area contributed by atoms with Gasteiger partial charge >= 0.3 is 0 Å². The van der Waals surface area contributed by atoms with Crippen LogP contribution in [0.2, 0.25) is 5.02 Å². The SMILES string of the molecule is Cc1cc(Cl)cc2c([S@@](C)=O)c(-c3ccccc3F)oc12. The summed E-state index contributed by atoms with van der Waals surface area (Å²) in [7, 11) is -1.33. The van der Waals surface area contributed by atoms with Gasteiger partial charge in [0.05, 0.1) is 21.3 Å². The van der Waals surface area contributed by atoms with E-state index in [0.717, 1.165) is 5.56 Å². The van der Waals surface area contributed by atoms with Crippen molar-refractivity contribution in [2.45, 2.75) is 11.8 Å². The molecule has 0 saturated carbocycles. The van der Waals surface area contributed by atoms with Crippen molar-refractivity contribution in [1.82, 2.24) is 0 Å². The van der Waals surface area contributed by atoms with Crippen LogP contribution in [0.25, 0.3) is 22.3 Å². The molecule has 0 N–H and O–H groups in total. The first-order valence-electron chi connectivity index (χ1n) is 6.30. The Morgan fingerprint density at radius 1 is 1.24 bits per heavy atom. The Labute approximate surface area is 129 Å². The highest BCUT2D eigenvalue weighted by atomic mass is 35.5. The lowest BCUT2D eigenvalue weighted by molar-refractivity contribution is 0.595. The maximum Gasteiger partial charge on any atom is 0.154 e. The number of hydrogen-bond donors (Lipinski definition) is 0. The molecule has 0 unspecified atom stereocenters. The van der Waals surface area contributed by atoms with E-state index in [0.29, 0.717) is 32.2 Å². The first-order chi connectivity index (χ1) is 9.99. The van der Waals surface area contributed by atoms with E-state index in [9.17, 15) is 8.60 Å². The molecule has 2 aromatic carbocycles. The fourth-order valence-corrected chi connectivity index (χ4v) is 3.56. The average molecular weight is 323 g/mol. The van der Waals surface area contributed by atoms with Gasteiger partial charge in [0.2, 0.25) is 0 Å². The van der Waals surface area contributed by atoms with Gasteiger partial charge in [-0.2, -0.15) is 0 Å². The number of hydrogen-bond acceptors (Lipinski definition) is 2. The smallest absolute Gasteiger partial charge is 0.154 e. The fourth-order valence-electron chi connectivity index (χ4n) is 2.41. The van der Waals surface area contributed by atoms with Crippen LogP contribution in [0.4, 0.5) is 4.39 Å². The number of rotatable bonds is 2. The largest absolute Gasteiger partial charge is 0.454 e. The van der Waals surface area contributed by atoms with Crippen molar-refractivity contribution >= 4 is 33.4 Å². The summed E-state index contributed by atoms with van der Waals surface area (Å²) in [6, 6.07) is 9.75. The number of aryl methyl sites for hydroxylation is 1. The second-order valence-corrected chi connectivity index (χ2v) is 6.55. The van der Waals surface area contributed by atoms with Gasteiger partial charge in [0, 0.05) is 16.7 Å². The van der Waals surface area contributed by atoms with Crippen LogP contribution in [0.3, 0.4) is 0 Å². The van der Waals surface area contributed by atoms with Crippen molar-refractivity contribution in [3.63, 3.8) is 0 Å². The predicted molar refractivity (Wildman–Crippen MR) is 83.7 cm³/mol. The summed E-state index contributed by atoms with van der Waals surface area (Å²) in [5.41, 5.74) is 1.71. The summed E-state index contributed by atoms with van der Waals surface area (Å²) >= 11 is 6.07. The van der Waals surface area contributed by atoms with E-state index in [1.165, 1.54) is 6.07 Å². The maximum atomic E-state index is 14.0. The number of benzene rings is 2. The normalized spacial score (nSPS) is 12.8. The first-order valence-corrected chi connectivity index (χ1v) is 8.23. The van der Waals surface area contributed by atoms with Crippen molar-refractivity contribution in [1.29, 1.82) is 0 Å². The van der Waals surface area contributed by atoms with E-state index in [1.807, 2.05) is 6.92 Å². The van der Waals surface area contributed by atoms with Crippen molar-refractivity contribution in [2.24, 2.45) is 0 Å². The van der Waals surface area contributed by atoms with Gasteiger partial charge in [-0.15, -0.1) is 0 Å². The molecule has 1 atom stereocenters. The van der Waals surface area contributed by atoms with Crippen LogP contribution in [-0.2, 0) is 10.8 Å². The lowest BCUT2D eigenvalue weighted by Gasteiger charge is -2.01. The quantitative estimate of drug-likeness (QED) is 0.669. The van der Waals surface area contributed by atoms with Crippen molar-refractivity contribution in [3.05, 3.63) is 52.8 Å². The Bertz CT molecular complexity index is 870. The van der Waals surface area contributed by atoms with Crippen LogP contribution >= 0.6 is 11.6 Å². The molecule has 0 bridgehead atoms. The molecule has 2 nitrogen and oxygen atoms in total. The van der Waals surface area contributed by atoms with Gasteiger partial charge < -0.3 is 4.42 Å². The monoisotopic (exact) mass is 322 g/mol. The third-order valence-corrected chi connectivity index (χ3v) is 4.50. The summed E-state index contributed by atoms with van der Waals surface area (Å²) in [6.45, 7) is 1.85. The third-order valence-electron chi connectivity index (χ3n) is 3.30. The first kappa shape index (κ1) is 14.3. The highest BCUT2D eigenvalue weighted by Gasteiger charge is 2.22. The lowest BCUT2D eigenvalue weighted by atomic mass is 10.1. The summed E-state index contributed by atoms with van der Waals surface area (Å²) in [5.74, 6) is -0.110. The molecule has 108 valence electrons. The summed E-state index contributed by atoms with van der Waals surface area (Å²) in [6.07, 6.45) is 1.55. The molecule has 0 spiro atoms. The summed E-state index contributed by atoms with van der Waals surface area (Å²) < 4.78 is 32.0. The average Bonchev–Trinajstić information content (AvgIpc) is 2.78. The van der Waals surface area contributed by atoms with Gasteiger partial charge in [0.1, 0.15) is 11.4 Å². The van der Waals surface area contributed by atoms with Gasteiger partial charge in [0.15, 0.2) is 5.76 Å². The van der Waals surface area contributed by atoms with Crippen LogP contribution in [0.5, 0.6) is 0 Å². The lowest BCUT2D eigenvalue weighted by Crippen LogP contribution is -1.91. The second kappa shape index (κ2) is 5.28. The minimum absolute atomic E-state index is 0.300. The molecule has 3 aromatic rings. The Balaban J connectivity index is 2.44. The molecule has 0 aliphatic heterocycles. The molecule has 21 heavy (non-hydrogen) atoms. The van der Waals surface area contributed by atoms with E-state index in [-0.39, 0.29) is 0 Å². The molecule has 1 heterocycles. The van der Waals surface area contributed by atoms with Gasteiger partial charge in [-0.05, 0) is 36.8 Å². The Kier molecular flexibility index (Phi) is 3.59. The maximum absolute atomic E-state index is 14.0. The van der Waals surface area contributed by atoms with Crippen LogP contribution in [0.15, 0.2) is 45.7 Å². The van der Waals surface area contributed by atoms with Gasteiger partial charge in [-0.25, -0.2) is 4.39 Å². The van der Waals surface area contributed by atoms with Crippen molar-refractivity contribution < 1.29 is 13.0 Å². The van der Waals surface area contributed by atoms with Crippen molar-refractivity contribution in [2.75, 3.05) is 6.26 Å². The minimum Gasteiger partial charge on any atom is -0.454 e. The highest BCUT2D eigenvalue weighted by Crippen LogP contribution is 2.39. The molecule has 0 fully saturated rings. The van der Waals surface area contributed by atoms with Crippen molar-refractivity contribution in [3.8, 4) is 11.3 Å². The second-order valence-electron chi connectivity index (χ2n) is 4.79. The third kappa shape index (κ3) is 2.39. The molecule has 0 saturated heterocycles. The molecule has 0 aliphatic rings. The fraction of sp³-hybridized carbons (Fsp3) is 0.125. The van der Waals surface area contributed by atoms with E-state index in [2.05, 4.69) is 0 Å². The molecule has 0 aliphatic carbocycles. The predicted octanol–water partition coefficient (Wildman–Crippen LogP) is 4.94. The highest BCUT2D eigenvalue weighted by molar-refractivity contribution is 7.84. The molecule has 5 heteroatoms. The zero-order valence-corrected chi connectivity index (χ0v) is 13.0. The number of fused-ring (bicyclic) bond motifs is 1. The molecular weight excluding hydrogens is 311 g/mol. The molecule has 0 amide bonds. The molecule has 3 rings (SSSR count). The van der Waals surface area contributed by atoms with E-state index in [1.54, 1.807) is 36.6 Å². The van der Waals surface area contributed by atoms with E-state index >= 15 is 0 Å². The van der Waals surface area contributed by atoms with E-state index in [4.69, 9.17) is 16.0 Å². The minimum atomic E-state index is -1.33. The van der Waals surface area contributed by atoms with Gasteiger partial charge in [-0.1, -0.05) is 23.7 Å². The Morgan fingerprint density at radius 2 is 1.95 bits per heavy atom. The van der Waals surface area contributed by atoms with Crippen LogP contribution in [0.1, 0.15) is 5.56 Å². The van der Waals surface area contributed by atoms with Gasteiger partial charge in [-0.3, -0.25) is 4.21 Å². The standard InChI is InChI=1S/C16H12ClFO2S/c1-9-7-10(17)8-12-14(9)20-15(16(12)21(2)19)11-5-3-4-6-13(11)18/h3-8H,1-2H3/t21-/m1/s1. The Morgan fingerprint density at radius 3 is 2.62 bits per heavy atom. The van der Waals surface area contributed by atoms with Crippen LogP contribution in [-0.4, -0.2) is 10.5 Å². The Hall–Kier alpha value is -1.65. The topological polar surface area (TPSA) is 30.2 Å². The summed E-state index contributed by atoms with van der Waals surface area (Å²) in [5, 5.41) is 1.20. The van der Waals surface area contributed by atoms with Crippen LogP contribution < -0.4 is 0 Å².